The average molecular weight is 274 g/mol. The largest absolute Gasteiger partial charge is 0.464 e. The zero-order valence-electron chi connectivity index (χ0n) is 10.7. The van der Waals surface area contributed by atoms with Gasteiger partial charge in [0.15, 0.2) is 11.5 Å². The van der Waals surface area contributed by atoms with Gasteiger partial charge in [-0.25, -0.2) is 9.78 Å². The molecule has 0 aliphatic carbocycles. The van der Waals surface area contributed by atoms with Crippen molar-refractivity contribution in [2.45, 2.75) is 6.92 Å². The van der Waals surface area contributed by atoms with Gasteiger partial charge in [-0.15, -0.1) is 10.2 Å². The van der Waals surface area contributed by atoms with Crippen LogP contribution in [0, 0.1) is 17.0 Å². The van der Waals surface area contributed by atoms with Crippen molar-refractivity contribution in [2.75, 3.05) is 7.11 Å². The summed E-state index contributed by atoms with van der Waals surface area (Å²) in [5, 5.41) is 18.1. The first-order chi connectivity index (χ1) is 9.52. The first-order valence-corrected chi connectivity index (χ1v) is 5.57. The molecule has 0 amide bonds. The van der Waals surface area contributed by atoms with Gasteiger partial charge in [0.25, 0.3) is 5.69 Å². The van der Waals surface area contributed by atoms with Gasteiger partial charge in [0.2, 0.25) is 0 Å². The highest BCUT2D eigenvalue weighted by atomic mass is 16.6. The van der Waals surface area contributed by atoms with E-state index in [0.717, 1.165) is 0 Å². The van der Waals surface area contributed by atoms with Crippen molar-refractivity contribution in [3.05, 3.63) is 45.8 Å². The minimum Gasteiger partial charge on any atom is -0.464 e. The summed E-state index contributed by atoms with van der Waals surface area (Å²) in [7, 11) is 1.24. The lowest BCUT2D eigenvalue weighted by Crippen LogP contribution is -2.10. The Morgan fingerprint density at radius 2 is 1.90 bits per heavy atom. The van der Waals surface area contributed by atoms with Crippen LogP contribution < -0.4 is 0 Å². The molecule has 0 spiro atoms. The molecule has 0 radical (unpaired) electrons. The molecule has 1 heterocycles. The van der Waals surface area contributed by atoms with Crippen molar-refractivity contribution in [3.8, 4) is 11.4 Å². The number of benzene rings is 1. The van der Waals surface area contributed by atoms with E-state index < -0.39 is 10.9 Å². The summed E-state index contributed by atoms with van der Waals surface area (Å²) in [6.07, 6.45) is 0. The molecule has 0 N–H and O–H groups in total. The van der Waals surface area contributed by atoms with Gasteiger partial charge in [-0.05, 0) is 19.1 Å². The smallest absolute Gasteiger partial charge is 0.360 e. The molecule has 0 fully saturated rings. The van der Waals surface area contributed by atoms with Crippen LogP contribution in [0.4, 0.5) is 5.69 Å². The quantitative estimate of drug-likeness (QED) is 0.474. The minimum atomic E-state index is -0.613. The van der Waals surface area contributed by atoms with E-state index in [4.69, 9.17) is 0 Å². The zero-order chi connectivity index (χ0) is 14.7. The Labute approximate surface area is 113 Å². The third-order valence-electron chi connectivity index (χ3n) is 2.58. The SMILES string of the molecule is COC(=O)c1nnc(-c2ccc([N+](=O)[O-])cc2)nc1C. The van der Waals surface area contributed by atoms with Crippen LogP contribution in [-0.2, 0) is 4.74 Å². The number of non-ortho nitro benzene ring substituents is 1. The van der Waals surface area contributed by atoms with Gasteiger partial charge in [0.05, 0.1) is 17.7 Å². The maximum absolute atomic E-state index is 11.4. The van der Waals surface area contributed by atoms with Gasteiger partial charge in [-0.2, -0.15) is 0 Å². The topological polar surface area (TPSA) is 108 Å². The molecule has 102 valence electrons. The molecule has 1 aromatic carbocycles. The van der Waals surface area contributed by atoms with Crippen LogP contribution >= 0.6 is 0 Å². The lowest BCUT2D eigenvalue weighted by molar-refractivity contribution is -0.384. The number of rotatable bonds is 3. The van der Waals surface area contributed by atoms with Crippen molar-refractivity contribution in [1.82, 2.24) is 15.2 Å². The molecule has 2 aromatic rings. The van der Waals surface area contributed by atoms with Crippen LogP contribution in [0.1, 0.15) is 16.2 Å². The third-order valence-corrected chi connectivity index (χ3v) is 2.58. The predicted molar refractivity (Wildman–Crippen MR) is 68.0 cm³/mol. The number of carbonyl (C=O) groups excluding carboxylic acids is 1. The monoisotopic (exact) mass is 274 g/mol. The Hall–Kier alpha value is -2.90. The lowest BCUT2D eigenvalue weighted by Gasteiger charge is -2.03. The number of nitrogens with zero attached hydrogens (tertiary/aromatic N) is 4. The molecule has 8 nitrogen and oxygen atoms in total. The van der Waals surface area contributed by atoms with Crippen LogP contribution in [-0.4, -0.2) is 33.2 Å². The number of aromatic nitrogens is 3. The summed E-state index contributed by atoms with van der Waals surface area (Å²) < 4.78 is 4.55. The summed E-state index contributed by atoms with van der Waals surface area (Å²) in [4.78, 5) is 25.6. The fraction of sp³-hybridized carbons (Fsp3) is 0.167. The second-order valence-corrected chi connectivity index (χ2v) is 3.86. The number of nitro benzene ring substituents is 1. The maximum atomic E-state index is 11.4. The molecular weight excluding hydrogens is 264 g/mol. The minimum absolute atomic E-state index is 0.0235. The van der Waals surface area contributed by atoms with E-state index >= 15 is 0 Å². The second kappa shape index (κ2) is 5.39. The van der Waals surface area contributed by atoms with Gasteiger partial charge in [-0.3, -0.25) is 10.1 Å². The highest BCUT2D eigenvalue weighted by Gasteiger charge is 2.15. The second-order valence-electron chi connectivity index (χ2n) is 3.86. The Morgan fingerprint density at radius 3 is 2.40 bits per heavy atom. The molecule has 0 aliphatic heterocycles. The number of esters is 1. The van der Waals surface area contributed by atoms with Crippen LogP contribution in [0.25, 0.3) is 11.4 Å². The van der Waals surface area contributed by atoms with E-state index in [1.807, 2.05) is 0 Å². The van der Waals surface area contributed by atoms with Gasteiger partial charge >= 0.3 is 5.97 Å². The van der Waals surface area contributed by atoms with E-state index in [1.54, 1.807) is 6.92 Å². The van der Waals surface area contributed by atoms with E-state index in [9.17, 15) is 14.9 Å². The van der Waals surface area contributed by atoms with E-state index in [0.29, 0.717) is 11.3 Å². The highest BCUT2D eigenvalue weighted by molar-refractivity contribution is 5.88. The van der Waals surface area contributed by atoms with Gasteiger partial charge in [-0.1, -0.05) is 0 Å². The Bertz CT molecular complexity index is 670. The molecule has 20 heavy (non-hydrogen) atoms. The highest BCUT2D eigenvalue weighted by Crippen LogP contribution is 2.19. The summed E-state index contributed by atoms with van der Waals surface area (Å²) in [6, 6.07) is 5.74. The predicted octanol–water partition coefficient (Wildman–Crippen LogP) is 1.54. The van der Waals surface area contributed by atoms with Crippen molar-refractivity contribution < 1.29 is 14.5 Å². The molecule has 0 aliphatic rings. The van der Waals surface area contributed by atoms with Gasteiger partial charge < -0.3 is 4.74 Å². The number of ether oxygens (including phenoxy) is 1. The van der Waals surface area contributed by atoms with Crippen LogP contribution in [0.2, 0.25) is 0 Å². The normalized spacial score (nSPS) is 10.1. The Kier molecular flexibility index (Phi) is 3.65. The summed E-state index contributed by atoms with van der Waals surface area (Å²) in [5.74, 6) is -0.331. The van der Waals surface area contributed by atoms with E-state index in [-0.39, 0.29) is 17.2 Å². The maximum Gasteiger partial charge on any atom is 0.360 e. The number of hydrogen-bond acceptors (Lipinski definition) is 7. The van der Waals surface area contributed by atoms with Crippen molar-refractivity contribution >= 4 is 11.7 Å². The lowest BCUT2D eigenvalue weighted by atomic mass is 10.2. The fourth-order valence-electron chi connectivity index (χ4n) is 1.54. The molecule has 0 bridgehead atoms. The van der Waals surface area contributed by atoms with Crippen molar-refractivity contribution in [3.63, 3.8) is 0 Å². The molecule has 0 atom stereocenters. The Balaban J connectivity index is 2.36. The van der Waals surface area contributed by atoms with Gasteiger partial charge in [0, 0.05) is 17.7 Å². The number of methoxy groups -OCH3 is 1. The number of nitro groups is 1. The summed E-state index contributed by atoms with van der Waals surface area (Å²) in [5.41, 5.74) is 0.964. The first kappa shape index (κ1) is 13.5. The molecule has 0 saturated carbocycles. The Morgan fingerprint density at radius 1 is 1.25 bits per heavy atom. The first-order valence-electron chi connectivity index (χ1n) is 5.57. The number of hydrogen-bond donors (Lipinski definition) is 0. The molecule has 8 heteroatoms. The fourth-order valence-corrected chi connectivity index (χ4v) is 1.54. The van der Waals surface area contributed by atoms with Crippen molar-refractivity contribution in [1.29, 1.82) is 0 Å². The van der Waals surface area contributed by atoms with Gasteiger partial charge in [0.1, 0.15) is 0 Å². The summed E-state index contributed by atoms with van der Waals surface area (Å²) >= 11 is 0. The van der Waals surface area contributed by atoms with Crippen LogP contribution in [0.15, 0.2) is 24.3 Å². The standard InChI is InChI=1S/C12H10N4O4/c1-7-10(12(17)20-2)14-15-11(13-7)8-3-5-9(6-4-8)16(18)19/h3-6H,1-2H3. The zero-order valence-corrected chi connectivity index (χ0v) is 10.7. The summed E-state index contributed by atoms with van der Waals surface area (Å²) in [6.45, 7) is 1.61. The van der Waals surface area contributed by atoms with Crippen LogP contribution in [0.3, 0.4) is 0 Å². The molecule has 0 saturated heterocycles. The molecule has 0 unspecified atom stereocenters. The van der Waals surface area contributed by atoms with Crippen LogP contribution in [0.5, 0.6) is 0 Å². The molecule has 2 rings (SSSR count). The average Bonchev–Trinajstić information content (AvgIpc) is 2.46. The third kappa shape index (κ3) is 2.58. The van der Waals surface area contributed by atoms with E-state index in [1.165, 1.54) is 31.4 Å². The number of carbonyl (C=O) groups is 1. The van der Waals surface area contributed by atoms with E-state index in [2.05, 4.69) is 19.9 Å². The number of aryl methyl sites for hydroxylation is 1. The molecule has 1 aromatic heterocycles. The van der Waals surface area contributed by atoms with Crippen molar-refractivity contribution in [2.24, 2.45) is 0 Å². The molecular formula is C12H10N4O4.